The highest BCUT2D eigenvalue weighted by Crippen LogP contribution is 2.31. The Morgan fingerprint density at radius 3 is 2.50 bits per heavy atom. The fourth-order valence-electron chi connectivity index (χ4n) is 2.95. The van der Waals surface area contributed by atoms with E-state index in [0.29, 0.717) is 15.0 Å². The molecule has 3 rings (SSSR count). The predicted molar refractivity (Wildman–Crippen MR) is 102 cm³/mol. The Morgan fingerprint density at radius 1 is 1.15 bits per heavy atom. The van der Waals surface area contributed by atoms with Crippen LogP contribution in [0.3, 0.4) is 0 Å². The van der Waals surface area contributed by atoms with E-state index in [1.807, 2.05) is 0 Å². The summed E-state index contributed by atoms with van der Waals surface area (Å²) in [5, 5.41) is 14.3. The van der Waals surface area contributed by atoms with Crippen LogP contribution in [0.25, 0.3) is 0 Å². The van der Waals surface area contributed by atoms with Crippen molar-refractivity contribution < 1.29 is 19.5 Å². The minimum Gasteiger partial charge on any atom is -0.476 e. The van der Waals surface area contributed by atoms with Gasteiger partial charge in [-0.2, -0.15) is 0 Å². The Labute approximate surface area is 162 Å². The van der Waals surface area contributed by atoms with Crippen LogP contribution in [0.5, 0.6) is 0 Å². The van der Waals surface area contributed by atoms with E-state index in [4.69, 9.17) is 5.11 Å². The summed E-state index contributed by atoms with van der Waals surface area (Å²) < 4.78 is 0.317. The Bertz CT molecular complexity index is 861. The van der Waals surface area contributed by atoms with Crippen LogP contribution in [-0.4, -0.2) is 27.9 Å². The molecular formula is C17H16BrN3O4S. The first kappa shape index (κ1) is 18.5. The number of hydrogen-bond acceptors (Lipinski definition) is 5. The summed E-state index contributed by atoms with van der Waals surface area (Å²) in [4.78, 5) is 39.8. The molecule has 0 radical (unpaired) electrons. The second-order valence-electron chi connectivity index (χ2n) is 5.92. The van der Waals surface area contributed by atoms with E-state index < -0.39 is 12.0 Å². The van der Waals surface area contributed by atoms with E-state index >= 15 is 0 Å². The SMILES string of the molecule is O=C(Nc1nc(C(=O)O)c(Br)s1)Nc1ccccc1C(=O)C1CCCC1. The van der Waals surface area contributed by atoms with Gasteiger partial charge in [-0.1, -0.05) is 36.3 Å². The van der Waals surface area contributed by atoms with Crippen LogP contribution in [0.4, 0.5) is 15.6 Å². The molecule has 1 fully saturated rings. The molecule has 9 heteroatoms. The molecule has 7 nitrogen and oxygen atoms in total. The first-order chi connectivity index (χ1) is 12.5. The largest absolute Gasteiger partial charge is 0.476 e. The molecule has 0 unspecified atom stereocenters. The van der Waals surface area contributed by atoms with Crippen molar-refractivity contribution in [2.75, 3.05) is 10.6 Å². The summed E-state index contributed by atoms with van der Waals surface area (Å²) in [7, 11) is 0. The smallest absolute Gasteiger partial charge is 0.356 e. The van der Waals surface area contributed by atoms with Gasteiger partial charge in [-0.05, 0) is 40.9 Å². The van der Waals surface area contributed by atoms with Gasteiger partial charge in [0.25, 0.3) is 0 Å². The number of nitrogens with zero attached hydrogens (tertiary/aromatic N) is 1. The molecule has 26 heavy (non-hydrogen) atoms. The van der Waals surface area contributed by atoms with Gasteiger partial charge in [-0.25, -0.2) is 14.6 Å². The number of rotatable bonds is 5. The maximum atomic E-state index is 12.7. The fraction of sp³-hybridized carbons (Fsp3) is 0.294. The van der Waals surface area contributed by atoms with Gasteiger partial charge in [0.2, 0.25) is 0 Å². The monoisotopic (exact) mass is 437 g/mol. The molecule has 1 aliphatic rings. The summed E-state index contributed by atoms with van der Waals surface area (Å²) in [6, 6.07) is 6.29. The molecule has 136 valence electrons. The molecule has 1 heterocycles. The van der Waals surface area contributed by atoms with Crippen LogP contribution in [-0.2, 0) is 0 Å². The Morgan fingerprint density at radius 2 is 1.85 bits per heavy atom. The number of carbonyl (C=O) groups is 3. The van der Waals surface area contributed by atoms with Gasteiger partial charge < -0.3 is 10.4 Å². The van der Waals surface area contributed by atoms with Crippen LogP contribution < -0.4 is 10.6 Å². The quantitative estimate of drug-likeness (QED) is 0.591. The number of halogens is 1. The highest BCUT2D eigenvalue weighted by molar-refractivity contribution is 9.11. The third-order valence-electron chi connectivity index (χ3n) is 4.18. The number of ketones is 1. The molecule has 0 bridgehead atoms. The predicted octanol–water partition coefficient (Wildman–Crippen LogP) is 4.62. The number of anilines is 2. The van der Waals surface area contributed by atoms with Gasteiger partial charge in [0.1, 0.15) is 3.79 Å². The number of carbonyl (C=O) groups excluding carboxylic acids is 2. The molecule has 0 saturated heterocycles. The second kappa shape index (κ2) is 7.96. The van der Waals surface area contributed by atoms with E-state index in [0.717, 1.165) is 37.0 Å². The third kappa shape index (κ3) is 4.10. The number of thiazole rings is 1. The Hall–Kier alpha value is -2.26. The molecule has 0 spiro atoms. The maximum absolute atomic E-state index is 12.7. The molecule has 0 aliphatic heterocycles. The van der Waals surface area contributed by atoms with Gasteiger partial charge in [-0.15, -0.1) is 0 Å². The lowest BCUT2D eigenvalue weighted by molar-refractivity contribution is 0.0690. The zero-order valence-corrected chi connectivity index (χ0v) is 16.0. The van der Waals surface area contributed by atoms with Crippen molar-refractivity contribution in [3.8, 4) is 0 Å². The number of aromatic nitrogens is 1. The number of nitrogens with one attached hydrogen (secondary N) is 2. The molecule has 1 aromatic heterocycles. The zero-order valence-electron chi connectivity index (χ0n) is 13.6. The molecular weight excluding hydrogens is 422 g/mol. The van der Waals surface area contributed by atoms with Crippen LogP contribution in [0, 0.1) is 5.92 Å². The van der Waals surface area contributed by atoms with E-state index in [9.17, 15) is 14.4 Å². The lowest BCUT2D eigenvalue weighted by Crippen LogP contribution is -2.22. The number of carboxylic acids is 1. The van der Waals surface area contributed by atoms with Gasteiger partial charge in [0.15, 0.2) is 16.6 Å². The first-order valence-corrected chi connectivity index (χ1v) is 9.67. The van der Waals surface area contributed by atoms with Crippen LogP contribution in [0.1, 0.15) is 46.5 Å². The molecule has 2 aromatic rings. The Balaban J connectivity index is 1.72. The maximum Gasteiger partial charge on any atom is 0.356 e. The molecule has 2 amide bonds. The number of amides is 2. The number of hydrogen-bond donors (Lipinski definition) is 3. The van der Waals surface area contributed by atoms with E-state index in [2.05, 4.69) is 31.5 Å². The van der Waals surface area contributed by atoms with Crippen LogP contribution in [0.15, 0.2) is 28.1 Å². The highest BCUT2D eigenvalue weighted by Gasteiger charge is 2.26. The van der Waals surface area contributed by atoms with Crippen molar-refractivity contribution in [1.82, 2.24) is 4.98 Å². The van der Waals surface area contributed by atoms with Crippen molar-refractivity contribution in [2.45, 2.75) is 25.7 Å². The van der Waals surface area contributed by atoms with Crippen molar-refractivity contribution in [3.05, 3.63) is 39.3 Å². The number of urea groups is 1. The number of Topliss-reactive ketones (excluding diaryl/α,β-unsaturated/α-hetero) is 1. The number of para-hydroxylation sites is 1. The number of benzene rings is 1. The van der Waals surface area contributed by atoms with Crippen LogP contribution in [0.2, 0.25) is 0 Å². The van der Waals surface area contributed by atoms with Crippen molar-refractivity contribution in [3.63, 3.8) is 0 Å². The summed E-state index contributed by atoms with van der Waals surface area (Å²) >= 11 is 4.10. The van der Waals surface area contributed by atoms with E-state index in [1.54, 1.807) is 24.3 Å². The summed E-state index contributed by atoms with van der Waals surface area (Å²) in [5.41, 5.74) is 0.749. The first-order valence-electron chi connectivity index (χ1n) is 8.06. The van der Waals surface area contributed by atoms with Crippen molar-refractivity contribution >= 4 is 55.9 Å². The third-order valence-corrected chi connectivity index (χ3v) is 5.80. The molecule has 1 aromatic carbocycles. The standard InChI is InChI=1S/C17H16BrN3O4S/c18-14-12(15(23)24)20-17(26-14)21-16(25)19-11-8-4-3-7-10(11)13(22)9-5-1-2-6-9/h3-4,7-9H,1-2,5-6H2,(H,23,24)(H2,19,20,21,25). The average molecular weight is 438 g/mol. The Kier molecular flexibility index (Phi) is 5.67. The minimum absolute atomic E-state index is 0.00838. The van der Waals surface area contributed by atoms with Gasteiger partial charge in [-0.3, -0.25) is 10.1 Å². The van der Waals surface area contributed by atoms with Gasteiger partial charge >= 0.3 is 12.0 Å². The summed E-state index contributed by atoms with van der Waals surface area (Å²) in [5.74, 6) is -1.13. The van der Waals surface area contributed by atoms with Gasteiger partial charge in [0, 0.05) is 11.5 Å². The molecule has 1 saturated carbocycles. The van der Waals surface area contributed by atoms with E-state index in [1.165, 1.54) is 0 Å². The summed E-state index contributed by atoms with van der Waals surface area (Å²) in [6.45, 7) is 0. The summed E-state index contributed by atoms with van der Waals surface area (Å²) in [6.07, 6.45) is 3.86. The van der Waals surface area contributed by atoms with Gasteiger partial charge in [0.05, 0.1) is 5.69 Å². The lowest BCUT2D eigenvalue weighted by Gasteiger charge is -2.13. The minimum atomic E-state index is -1.19. The number of aromatic carboxylic acids is 1. The second-order valence-corrected chi connectivity index (χ2v) is 8.23. The van der Waals surface area contributed by atoms with Crippen molar-refractivity contribution in [2.24, 2.45) is 5.92 Å². The average Bonchev–Trinajstić information content (AvgIpc) is 3.24. The van der Waals surface area contributed by atoms with E-state index in [-0.39, 0.29) is 22.5 Å². The zero-order chi connectivity index (χ0) is 18.7. The van der Waals surface area contributed by atoms with Crippen molar-refractivity contribution in [1.29, 1.82) is 0 Å². The molecule has 3 N–H and O–H groups in total. The van der Waals surface area contributed by atoms with Crippen LogP contribution >= 0.6 is 27.3 Å². The fourth-order valence-corrected chi connectivity index (χ4v) is 4.35. The molecule has 0 atom stereocenters. The molecule has 1 aliphatic carbocycles. The number of carboxylic acid groups (broad SMARTS) is 1. The topological polar surface area (TPSA) is 108 Å². The highest BCUT2D eigenvalue weighted by atomic mass is 79.9. The lowest BCUT2D eigenvalue weighted by atomic mass is 9.95. The normalized spacial score (nSPS) is 14.2.